The molecule has 0 saturated carbocycles. The number of nitrogens with zero attached hydrogens (tertiary/aromatic N) is 5. The molecule has 0 spiro atoms. The van der Waals surface area contributed by atoms with Crippen LogP contribution in [-0.4, -0.2) is 88.4 Å². The monoisotopic (exact) mass is 521 g/mol. The predicted octanol–water partition coefficient (Wildman–Crippen LogP) is 2.79. The fourth-order valence-corrected chi connectivity index (χ4v) is 5.15. The van der Waals surface area contributed by atoms with E-state index in [1.807, 2.05) is 6.92 Å². The molecule has 0 unspecified atom stereocenters. The average Bonchev–Trinajstić information content (AvgIpc) is 2.82. The van der Waals surface area contributed by atoms with Crippen molar-refractivity contribution < 1.29 is 22.3 Å². The van der Waals surface area contributed by atoms with E-state index in [4.69, 9.17) is 4.74 Å². The number of benzene rings is 1. The maximum absolute atomic E-state index is 14.1. The minimum absolute atomic E-state index is 0.0307. The van der Waals surface area contributed by atoms with Crippen molar-refractivity contribution in [2.75, 3.05) is 63.0 Å². The molecule has 1 saturated heterocycles. The quantitative estimate of drug-likeness (QED) is 0.465. The molecule has 1 aliphatic rings. The number of aromatic nitrogens is 2. The van der Waals surface area contributed by atoms with Gasteiger partial charge in [0, 0.05) is 65.1 Å². The van der Waals surface area contributed by atoms with Gasteiger partial charge in [0.05, 0.1) is 17.3 Å². The van der Waals surface area contributed by atoms with Crippen LogP contribution < -0.4 is 9.80 Å². The van der Waals surface area contributed by atoms with Crippen LogP contribution in [0.5, 0.6) is 0 Å². The van der Waals surface area contributed by atoms with Crippen LogP contribution in [0.25, 0.3) is 0 Å². The number of amides is 1. The van der Waals surface area contributed by atoms with Crippen molar-refractivity contribution in [3.05, 3.63) is 41.5 Å². The second-order valence-corrected chi connectivity index (χ2v) is 11.6. The Morgan fingerprint density at radius 2 is 2.03 bits per heavy atom. The standard InChI is InChI=1S/C25H36FN5O4S/c1-17(2)22-16-30(19-8-9-21(26)23(14-19)36(6,33)34)11-12-31(22)25-27-15-20(18(3)28-25)24(32)29(4)10-7-13-35-5/h8-9,14-15,17,22H,7,10-13,16H2,1-6H3/t22-/m0/s1. The SMILES string of the molecule is COCCCN(C)C(=O)c1cnc(N2CCN(c3ccc(F)c(S(C)(=O)=O)c3)C[C@H]2C(C)C)nc1C. The third-order valence-electron chi connectivity index (χ3n) is 6.51. The minimum Gasteiger partial charge on any atom is -0.385 e. The van der Waals surface area contributed by atoms with Crippen molar-refractivity contribution in [1.82, 2.24) is 14.9 Å². The normalized spacial score (nSPS) is 16.5. The van der Waals surface area contributed by atoms with Gasteiger partial charge in [-0.15, -0.1) is 0 Å². The molecule has 1 aromatic heterocycles. The molecule has 1 aliphatic heterocycles. The lowest BCUT2D eigenvalue weighted by molar-refractivity contribution is 0.0777. The number of carbonyl (C=O) groups excluding carboxylic acids is 1. The van der Waals surface area contributed by atoms with Gasteiger partial charge in [-0.2, -0.15) is 0 Å². The van der Waals surface area contributed by atoms with Gasteiger partial charge in [0.2, 0.25) is 5.95 Å². The van der Waals surface area contributed by atoms with Crippen molar-refractivity contribution in [3.8, 4) is 0 Å². The number of sulfone groups is 1. The summed E-state index contributed by atoms with van der Waals surface area (Å²) in [4.78, 5) is 27.6. The van der Waals surface area contributed by atoms with E-state index in [0.717, 1.165) is 12.7 Å². The Hall–Kier alpha value is -2.79. The van der Waals surface area contributed by atoms with Crippen LogP contribution in [0.2, 0.25) is 0 Å². The van der Waals surface area contributed by atoms with Crippen molar-refractivity contribution in [1.29, 1.82) is 0 Å². The molecule has 0 aliphatic carbocycles. The number of methoxy groups -OCH3 is 1. The van der Waals surface area contributed by atoms with Gasteiger partial charge in [0.25, 0.3) is 5.91 Å². The Morgan fingerprint density at radius 1 is 1.31 bits per heavy atom. The van der Waals surface area contributed by atoms with Crippen LogP contribution in [0.3, 0.4) is 0 Å². The Bertz CT molecular complexity index is 1190. The highest BCUT2D eigenvalue weighted by molar-refractivity contribution is 7.90. The van der Waals surface area contributed by atoms with Gasteiger partial charge in [-0.25, -0.2) is 22.8 Å². The number of carbonyl (C=O) groups is 1. The zero-order valence-corrected chi connectivity index (χ0v) is 22.7. The fourth-order valence-electron chi connectivity index (χ4n) is 4.39. The lowest BCUT2D eigenvalue weighted by Crippen LogP contribution is -2.56. The summed E-state index contributed by atoms with van der Waals surface area (Å²) in [7, 11) is -0.288. The van der Waals surface area contributed by atoms with Crippen LogP contribution in [0.4, 0.5) is 16.0 Å². The summed E-state index contributed by atoms with van der Waals surface area (Å²) in [6, 6.07) is 4.25. The lowest BCUT2D eigenvalue weighted by atomic mass is 9.99. The first-order chi connectivity index (χ1) is 16.9. The molecule has 0 bridgehead atoms. The highest BCUT2D eigenvalue weighted by Crippen LogP contribution is 2.28. The summed E-state index contributed by atoms with van der Waals surface area (Å²) in [6.45, 7) is 8.96. The van der Waals surface area contributed by atoms with E-state index in [-0.39, 0.29) is 22.8 Å². The molecule has 1 atom stereocenters. The maximum atomic E-state index is 14.1. The zero-order chi connectivity index (χ0) is 26.6. The van der Waals surface area contributed by atoms with Crippen molar-refractivity contribution in [3.63, 3.8) is 0 Å². The lowest BCUT2D eigenvalue weighted by Gasteiger charge is -2.44. The van der Waals surface area contributed by atoms with Gasteiger partial charge in [0.1, 0.15) is 10.7 Å². The van der Waals surface area contributed by atoms with Crippen LogP contribution in [0, 0.1) is 18.7 Å². The average molecular weight is 522 g/mol. The Labute approximate surface area is 213 Å². The number of rotatable bonds is 9. The summed E-state index contributed by atoms with van der Waals surface area (Å²) >= 11 is 0. The molecule has 1 fully saturated rings. The largest absolute Gasteiger partial charge is 0.385 e. The Morgan fingerprint density at radius 3 is 2.64 bits per heavy atom. The smallest absolute Gasteiger partial charge is 0.257 e. The van der Waals surface area contributed by atoms with Crippen molar-refractivity contribution in [2.45, 2.75) is 38.1 Å². The molecule has 0 radical (unpaired) electrons. The molecule has 3 rings (SSSR count). The molecule has 1 aromatic carbocycles. The predicted molar refractivity (Wildman–Crippen MR) is 138 cm³/mol. The van der Waals surface area contributed by atoms with Crippen molar-refractivity contribution >= 4 is 27.4 Å². The first-order valence-electron chi connectivity index (χ1n) is 12.0. The summed E-state index contributed by atoms with van der Waals surface area (Å²) < 4.78 is 43.2. The van der Waals surface area contributed by atoms with E-state index in [0.29, 0.717) is 55.7 Å². The van der Waals surface area contributed by atoms with Crippen LogP contribution in [-0.2, 0) is 14.6 Å². The number of hydrogen-bond acceptors (Lipinski definition) is 8. The summed E-state index contributed by atoms with van der Waals surface area (Å²) in [5, 5.41) is 0. The number of halogens is 1. The zero-order valence-electron chi connectivity index (χ0n) is 21.9. The van der Waals surface area contributed by atoms with Gasteiger partial charge in [-0.3, -0.25) is 4.79 Å². The number of piperazine rings is 1. The molecule has 0 N–H and O–H groups in total. The first kappa shape index (κ1) is 27.8. The second-order valence-electron chi connectivity index (χ2n) is 9.58. The van der Waals surface area contributed by atoms with Crippen LogP contribution >= 0.6 is 0 Å². The van der Waals surface area contributed by atoms with E-state index in [1.165, 1.54) is 12.1 Å². The minimum atomic E-state index is -3.68. The highest BCUT2D eigenvalue weighted by Gasteiger charge is 2.32. The third kappa shape index (κ3) is 6.31. The summed E-state index contributed by atoms with van der Waals surface area (Å²) in [5.74, 6) is -0.0818. The van der Waals surface area contributed by atoms with Gasteiger partial charge >= 0.3 is 0 Å². The van der Waals surface area contributed by atoms with Crippen LogP contribution in [0.1, 0.15) is 36.3 Å². The Kier molecular flexibility index (Phi) is 8.89. The molecule has 9 nitrogen and oxygen atoms in total. The van der Waals surface area contributed by atoms with Gasteiger partial charge in [-0.05, 0) is 37.5 Å². The van der Waals surface area contributed by atoms with E-state index in [9.17, 15) is 17.6 Å². The summed E-state index contributed by atoms with van der Waals surface area (Å²) in [5.41, 5.74) is 1.75. The molecule has 1 amide bonds. The maximum Gasteiger partial charge on any atom is 0.257 e. The topological polar surface area (TPSA) is 95.9 Å². The molecule has 11 heteroatoms. The van der Waals surface area contributed by atoms with E-state index < -0.39 is 15.7 Å². The van der Waals surface area contributed by atoms with Gasteiger partial charge < -0.3 is 19.4 Å². The Balaban J connectivity index is 1.80. The van der Waals surface area contributed by atoms with E-state index in [2.05, 4.69) is 33.6 Å². The number of hydrogen-bond donors (Lipinski definition) is 0. The van der Waals surface area contributed by atoms with Gasteiger partial charge in [0.15, 0.2) is 9.84 Å². The van der Waals surface area contributed by atoms with E-state index >= 15 is 0 Å². The fraction of sp³-hybridized carbons (Fsp3) is 0.560. The second kappa shape index (κ2) is 11.5. The molecular formula is C25H36FN5O4S. The number of aryl methyl sites for hydroxylation is 1. The number of anilines is 2. The molecular weight excluding hydrogens is 485 g/mol. The molecule has 198 valence electrons. The summed E-state index contributed by atoms with van der Waals surface area (Å²) in [6.07, 6.45) is 3.35. The van der Waals surface area contributed by atoms with Gasteiger partial charge in [-0.1, -0.05) is 13.8 Å². The van der Waals surface area contributed by atoms with Crippen LogP contribution in [0.15, 0.2) is 29.3 Å². The molecule has 2 heterocycles. The molecule has 36 heavy (non-hydrogen) atoms. The highest BCUT2D eigenvalue weighted by atomic mass is 32.2. The van der Waals surface area contributed by atoms with Crippen molar-refractivity contribution in [2.24, 2.45) is 5.92 Å². The van der Waals surface area contributed by atoms with E-state index in [1.54, 1.807) is 31.3 Å². The first-order valence-corrected chi connectivity index (χ1v) is 13.9. The number of ether oxygens (including phenoxy) is 1. The third-order valence-corrected chi connectivity index (χ3v) is 7.62. The molecule has 2 aromatic rings.